The predicted octanol–water partition coefficient (Wildman–Crippen LogP) is 2.63. The molecule has 1 aliphatic carbocycles. The predicted molar refractivity (Wildman–Crippen MR) is 80.4 cm³/mol. The van der Waals surface area contributed by atoms with Gasteiger partial charge in [-0.3, -0.25) is 0 Å². The van der Waals surface area contributed by atoms with Gasteiger partial charge in [-0.15, -0.1) is 0 Å². The largest absolute Gasteiger partial charge is 0.393 e. The number of nitrogens with zero attached hydrogens (tertiary/aromatic N) is 2. The average Bonchev–Trinajstić information content (AvgIpc) is 2.41. The molecule has 0 bridgehead atoms. The molecule has 0 spiro atoms. The molecule has 106 valence electrons. The minimum Gasteiger partial charge on any atom is -0.393 e. The Morgan fingerprint density at radius 1 is 1.37 bits per heavy atom. The van der Waals surface area contributed by atoms with Gasteiger partial charge in [-0.05, 0) is 35.7 Å². The molecule has 1 aromatic rings. The van der Waals surface area contributed by atoms with E-state index in [-0.39, 0.29) is 6.10 Å². The fourth-order valence-electron chi connectivity index (χ4n) is 2.39. The number of anilines is 2. The van der Waals surface area contributed by atoms with Crippen molar-refractivity contribution in [1.29, 1.82) is 0 Å². The molecule has 1 heterocycles. The van der Waals surface area contributed by atoms with Gasteiger partial charge in [0, 0.05) is 25.2 Å². The van der Waals surface area contributed by atoms with Crippen LogP contribution in [0.5, 0.6) is 0 Å². The molecule has 1 aliphatic rings. The third-order valence-electron chi connectivity index (χ3n) is 3.48. The second-order valence-corrected chi connectivity index (χ2v) is 5.77. The Morgan fingerprint density at radius 2 is 2.16 bits per heavy atom. The van der Waals surface area contributed by atoms with Crippen molar-refractivity contribution >= 4 is 27.7 Å². The van der Waals surface area contributed by atoms with Gasteiger partial charge in [0.15, 0.2) is 0 Å². The van der Waals surface area contributed by atoms with Crippen molar-refractivity contribution in [2.45, 2.75) is 38.7 Å². The molecule has 0 saturated heterocycles. The SMILES string of the molecule is CCNc1ncc(Br)c(NCC2CCCCC2O)n1. The molecular weight excluding hydrogens is 308 g/mol. The zero-order valence-electron chi connectivity index (χ0n) is 11.2. The van der Waals surface area contributed by atoms with E-state index < -0.39 is 0 Å². The van der Waals surface area contributed by atoms with Crippen molar-refractivity contribution in [3.05, 3.63) is 10.7 Å². The maximum absolute atomic E-state index is 9.96. The van der Waals surface area contributed by atoms with Crippen LogP contribution in [0.1, 0.15) is 32.6 Å². The summed E-state index contributed by atoms with van der Waals surface area (Å²) in [5.74, 6) is 1.72. The smallest absolute Gasteiger partial charge is 0.224 e. The van der Waals surface area contributed by atoms with Crippen LogP contribution in [0.15, 0.2) is 10.7 Å². The topological polar surface area (TPSA) is 70.1 Å². The minimum absolute atomic E-state index is 0.185. The van der Waals surface area contributed by atoms with Gasteiger partial charge in [-0.25, -0.2) is 4.98 Å². The van der Waals surface area contributed by atoms with E-state index in [2.05, 4.69) is 36.5 Å². The van der Waals surface area contributed by atoms with Crippen LogP contribution in [0, 0.1) is 5.92 Å². The molecule has 0 radical (unpaired) electrons. The van der Waals surface area contributed by atoms with Gasteiger partial charge in [-0.1, -0.05) is 12.8 Å². The second kappa shape index (κ2) is 7.05. The molecule has 1 fully saturated rings. The summed E-state index contributed by atoms with van der Waals surface area (Å²) in [7, 11) is 0. The number of aromatic nitrogens is 2. The monoisotopic (exact) mass is 328 g/mol. The van der Waals surface area contributed by atoms with Crippen molar-refractivity contribution in [2.24, 2.45) is 5.92 Å². The lowest BCUT2D eigenvalue weighted by molar-refractivity contribution is 0.0763. The highest BCUT2D eigenvalue weighted by atomic mass is 79.9. The molecule has 2 rings (SSSR count). The lowest BCUT2D eigenvalue weighted by atomic mass is 9.86. The lowest BCUT2D eigenvalue weighted by Crippen LogP contribution is -2.30. The van der Waals surface area contributed by atoms with E-state index in [1.165, 1.54) is 6.42 Å². The first-order valence-electron chi connectivity index (χ1n) is 6.89. The van der Waals surface area contributed by atoms with Crippen molar-refractivity contribution in [2.75, 3.05) is 23.7 Å². The van der Waals surface area contributed by atoms with E-state index in [1.807, 2.05) is 6.92 Å². The van der Waals surface area contributed by atoms with Gasteiger partial charge in [0.1, 0.15) is 5.82 Å². The molecular formula is C13H21BrN4O. The van der Waals surface area contributed by atoms with E-state index in [4.69, 9.17) is 0 Å². The third kappa shape index (κ3) is 4.04. The van der Waals surface area contributed by atoms with Crippen LogP contribution in [0.3, 0.4) is 0 Å². The summed E-state index contributed by atoms with van der Waals surface area (Å²) < 4.78 is 0.847. The van der Waals surface area contributed by atoms with E-state index in [0.717, 1.165) is 42.6 Å². The number of halogens is 1. The molecule has 5 nitrogen and oxygen atoms in total. The van der Waals surface area contributed by atoms with Crippen LogP contribution in [-0.2, 0) is 0 Å². The summed E-state index contributed by atoms with van der Waals surface area (Å²) >= 11 is 3.44. The zero-order valence-corrected chi connectivity index (χ0v) is 12.8. The molecule has 0 aliphatic heterocycles. The summed E-state index contributed by atoms with van der Waals surface area (Å²) in [6.45, 7) is 3.56. The van der Waals surface area contributed by atoms with Crippen LogP contribution in [0.4, 0.5) is 11.8 Å². The normalized spacial score (nSPS) is 23.1. The number of aliphatic hydroxyl groups is 1. The van der Waals surface area contributed by atoms with Crippen molar-refractivity contribution < 1.29 is 5.11 Å². The quantitative estimate of drug-likeness (QED) is 0.775. The minimum atomic E-state index is -0.185. The molecule has 19 heavy (non-hydrogen) atoms. The van der Waals surface area contributed by atoms with Gasteiger partial charge in [0.05, 0.1) is 10.6 Å². The third-order valence-corrected chi connectivity index (χ3v) is 4.06. The summed E-state index contributed by atoms with van der Waals surface area (Å²) in [4.78, 5) is 8.59. The summed E-state index contributed by atoms with van der Waals surface area (Å²) in [5, 5.41) is 16.4. The van der Waals surface area contributed by atoms with Crippen LogP contribution in [0.25, 0.3) is 0 Å². The van der Waals surface area contributed by atoms with Gasteiger partial charge in [-0.2, -0.15) is 4.98 Å². The Kier molecular flexibility index (Phi) is 5.39. The number of nitrogens with one attached hydrogen (secondary N) is 2. The first-order valence-corrected chi connectivity index (χ1v) is 7.68. The lowest BCUT2D eigenvalue weighted by Gasteiger charge is -2.27. The van der Waals surface area contributed by atoms with E-state index >= 15 is 0 Å². The Hall–Kier alpha value is -0.880. The molecule has 1 aromatic heterocycles. The Labute approximate surface area is 122 Å². The molecule has 1 saturated carbocycles. The first kappa shape index (κ1) is 14.5. The van der Waals surface area contributed by atoms with Crippen LogP contribution < -0.4 is 10.6 Å². The fourth-order valence-corrected chi connectivity index (χ4v) is 2.72. The molecule has 0 aromatic carbocycles. The number of hydrogen-bond acceptors (Lipinski definition) is 5. The maximum atomic E-state index is 9.96. The second-order valence-electron chi connectivity index (χ2n) is 4.91. The molecule has 6 heteroatoms. The molecule has 3 N–H and O–H groups in total. The number of aliphatic hydroxyl groups excluding tert-OH is 1. The van der Waals surface area contributed by atoms with Crippen LogP contribution in [0.2, 0.25) is 0 Å². The van der Waals surface area contributed by atoms with Gasteiger partial charge < -0.3 is 15.7 Å². The maximum Gasteiger partial charge on any atom is 0.224 e. The zero-order chi connectivity index (χ0) is 13.7. The fraction of sp³-hybridized carbons (Fsp3) is 0.692. The first-order chi connectivity index (χ1) is 9.20. The Bertz CT molecular complexity index is 416. The molecule has 0 amide bonds. The van der Waals surface area contributed by atoms with Gasteiger partial charge in [0.2, 0.25) is 5.95 Å². The summed E-state index contributed by atoms with van der Waals surface area (Å²) in [6, 6.07) is 0. The summed E-state index contributed by atoms with van der Waals surface area (Å²) in [5.41, 5.74) is 0. The number of hydrogen-bond donors (Lipinski definition) is 3. The highest BCUT2D eigenvalue weighted by molar-refractivity contribution is 9.10. The molecule has 2 unspecified atom stereocenters. The number of rotatable bonds is 5. The van der Waals surface area contributed by atoms with Crippen molar-refractivity contribution in [3.63, 3.8) is 0 Å². The Balaban J connectivity index is 1.96. The van der Waals surface area contributed by atoms with Gasteiger partial charge >= 0.3 is 0 Å². The van der Waals surface area contributed by atoms with Crippen molar-refractivity contribution in [3.8, 4) is 0 Å². The van der Waals surface area contributed by atoms with Crippen molar-refractivity contribution in [1.82, 2.24) is 9.97 Å². The standard InChI is InChI=1S/C13H21BrN4O/c1-2-15-13-17-8-10(14)12(18-13)16-7-9-5-3-4-6-11(9)19/h8-9,11,19H,2-7H2,1H3,(H2,15,16,17,18). The van der Waals surface area contributed by atoms with Crippen LogP contribution >= 0.6 is 15.9 Å². The van der Waals surface area contributed by atoms with Gasteiger partial charge in [0.25, 0.3) is 0 Å². The summed E-state index contributed by atoms with van der Waals surface area (Å²) in [6.07, 6.45) is 5.90. The van der Waals surface area contributed by atoms with E-state index in [1.54, 1.807) is 6.20 Å². The average molecular weight is 329 g/mol. The van der Waals surface area contributed by atoms with E-state index in [0.29, 0.717) is 11.9 Å². The van der Waals surface area contributed by atoms with Crippen LogP contribution in [-0.4, -0.2) is 34.3 Å². The highest BCUT2D eigenvalue weighted by Crippen LogP contribution is 2.26. The highest BCUT2D eigenvalue weighted by Gasteiger charge is 2.23. The Morgan fingerprint density at radius 3 is 2.89 bits per heavy atom. The van der Waals surface area contributed by atoms with E-state index in [9.17, 15) is 5.11 Å². The molecule has 2 atom stereocenters.